The van der Waals surface area contributed by atoms with Crippen LogP contribution in [0.4, 0.5) is 44.6 Å². The second-order valence-corrected chi connectivity index (χ2v) is 31.4. The predicted octanol–water partition coefficient (Wildman–Crippen LogP) is 14.0. The molecular weight excluding hydrogens is 1480 g/mol. The molecule has 0 aliphatic carbocycles. The van der Waals surface area contributed by atoms with Crippen molar-refractivity contribution in [3.8, 4) is 0 Å². The minimum Gasteiger partial charge on any atom is -0.444 e. The first kappa shape index (κ1) is 66.5. The van der Waals surface area contributed by atoms with Gasteiger partial charge in [0.1, 0.15) is 19.8 Å². The van der Waals surface area contributed by atoms with E-state index in [1.54, 1.807) is 50.5 Å². The summed E-state index contributed by atoms with van der Waals surface area (Å²) in [4.78, 5) is 42.2. The molecule has 6 heterocycles. The summed E-state index contributed by atoms with van der Waals surface area (Å²) >= 11 is 13.6. The molecule has 3 amide bonds. The number of fused-ring (bicyclic) bond motifs is 3. The molecule has 18 nitrogen and oxygen atoms in total. The zero-order valence-electron chi connectivity index (χ0n) is 48.3. The number of cyclic esters (lactones) is 3. The van der Waals surface area contributed by atoms with Gasteiger partial charge in [-0.1, -0.05) is 89.8 Å². The van der Waals surface area contributed by atoms with Gasteiger partial charge in [-0.05, 0) is 165 Å². The molecular formula is C61H61Br4F3N6O12S3. The lowest BCUT2D eigenvalue weighted by atomic mass is 10.0. The number of rotatable bonds is 9. The molecule has 0 N–H and O–H groups in total. The Balaban J connectivity index is 0.000000147. The maximum Gasteiger partial charge on any atom is 0.417 e. The number of alkyl halides is 3. The first-order chi connectivity index (χ1) is 42.1. The largest absolute Gasteiger partial charge is 0.444 e. The Morgan fingerprint density at radius 2 is 0.764 bits per heavy atom. The van der Waals surface area contributed by atoms with Crippen LogP contribution in [0.1, 0.15) is 77.5 Å². The van der Waals surface area contributed by atoms with E-state index in [0.717, 1.165) is 80.7 Å². The van der Waals surface area contributed by atoms with Gasteiger partial charge in [0.15, 0.2) is 0 Å². The van der Waals surface area contributed by atoms with Crippen LogP contribution in [-0.2, 0) is 70.3 Å². The van der Waals surface area contributed by atoms with Gasteiger partial charge in [0.2, 0.25) is 30.1 Å². The minimum absolute atomic E-state index is 0.00513. The predicted molar refractivity (Wildman–Crippen MR) is 342 cm³/mol. The smallest absolute Gasteiger partial charge is 0.417 e. The number of halogens is 7. The number of nitrogens with zero attached hydrogens (tertiary/aromatic N) is 6. The number of amides is 3. The number of aryl methyl sites for hydroxylation is 3. The minimum atomic E-state index is -4.78. The molecule has 6 aromatic carbocycles. The van der Waals surface area contributed by atoms with Gasteiger partial charge in [-0.2, -0.15) is 26.1 Å². The fraction of sp³-hybridized carbons (Fsp3) is 0.361. The second-order valence-electron chi connectivity index (χ2n) is 22.2. The highest BCUT2D eigenvalue weighted by Gasteiger charge is 2.43. The molecule has 89 heavy (non-hydrogen) atoms. The highest BCUT2D eigenvalue weighted by atomic mass is 79.9. The van der Waals surface area contributed by atoms with Crippen molar-refractivity contribution in [3.63, 3.8) is 0 Å². The molecule has 474 valence electrons. The molecule has 0 atom stereocenters. The summed E-state index contributed by atoms with van der Waals surface area (Å²) in [7, 11) is -11.5. The molecule has 3 fully saturated rings. The van der Waals surface area contributed by atoms with Crippen LogP contribution in [-0.4, -0.2) is 114 Å². The summed E-state index contributed by atoms with van der Waals surface area (Å²) in [5.41, 5.74) is 6.51. The first-order valence-corrected chi connectivity index (χ1v) is 35.9. The SMILES string of the molecule is Cc1cc(C)c(S(=O)(=O)N2CCC(N3C(=O)OCc4cc(Br)ccc43)CC2)c(C)c1.O=C1OCc2cc(Br)ccc2N1C1CCN(S(=O)(=O)c2ccccc2Br)CC1.O=C1OCc2cc(Br)ccc2N1C1CCN(S(=O)(=O)c2ccccc2C(F)(F)F)CC1. The molecule has 0 unspecified atom stereocenters. The monoisotopic (exact) mass is 1540 g/mol. The van der Waals surface area contributed by atoms with Crippen molar-refractivity contribution < 1.29 is 67.0 Å². The molecule has 3 saturated heterocycles. The van der Waals surface area contributed by atoms with Crippen LogP contribution in [0.15, 0.2) is 148 Å². The third-order valence-electron chi connectivity index (χ3n) is 16.4. The van der Waals surface area contributed by atoms with Crippen LogP contribution in [0.3, 0.4) is 0 Å². The maximum atomic E-state index is 13.3. The summed E-state index contributed by atoms with van der Waals surface area (Å²) < 4.78 is 142. The average Bonchev–Trinajstić information content (AvgIpc) is 2.37. The Hall–Kier alpha value is -5.43. The number of sulfonamides is 3. The second kappa shape index (κ2) is 27.0. The number of ether oxygens (including phenoxy) is 3. The Labute approximate surface area is 548 Å². The fourth-order valence-electron chi connectivity index (χ4n) is 12.3. The van der Waals surface area contributed by atoms with E-state index in [0.29, 0.717) is 66.9 Å². The van der Waals surface area contributed by atoms with Crippen molar-refractivity contribution in [2.45, 2.75) is 118 Å². The first-order valence-electron chi connectivity index (χ1n) is 28.4. The average molecular weight is 1540 g/mol. The zero-order chi connectivity index (χ0) is 63.9. The van der Waals surface area contributed by atoms with E-state index >= 15 is 0 Å². The number of anilines is 3. The number of benzene rings is 6. The lowest BCUT2D eigenvalue weighted by Gasteiger charge is -2.40. The van der Waals surface area contributed by atoms with Crippen LogP contribution < -0.4 is 14.7 Å². The van der Waals surface area contributed by atoms with Crippen molar-refractivity contribution in [2.24, 2.45) is 0 Å². The van der Waals surface area contributed by atoms with E-state index in [9.17, 15) is 52.8 Å². The van der Waals surface area contributed by atoms with Gasteiger partial charge < -0.3 is 14.2 Å². The van der Waals surface area contributed by atoms with Crippen LogP contribution in [0.25, 0.3) is 0 Å². The summed E-state index contributed by atoms with van der Waals surface area (Å²) in [5.74, 6) is 0. The molecule has 6 aromatic rings. The number of hydrogen-bond donors (Lipinski definition) is 0. The molecule has 12 rings (SSSR count). The van der Waals surface area contributed by atoms with E-state index in [-0.39, 0.29) is 81.0 Å². The third-order valence-corrected chi connectivity index (χ3v) is 24.9. The van der Waals surface area contributed by atoms with Crippen LogP contribution in [0.5, 0.6) is 0 Å². The number of carbonyl (C=O) groups is 3. The summed E-state index contributed by atoms with van der Waals surface area (Å²) in [5, 5.41) is 0. The highest BCUT2D eigenvalue weighted by Crippen LogP contribution is 2.41. The summed E-state index contributed by atoms with van der Waals surface area (Å²) in [6.45, 7) is 7.74. The third kappa shape index (κ3) is 14.2. The molecule has 0 bridgehead atoms. The van der Waals surface area contributed by atoms with Gasteiger partial charge in [0.05, 0.1) is 37.3 Å². The van der Waals surface area contributed by atoms with E-state index in [2.05, 4.69) is 63.7 Å². The lowest BCUT2D eigenvalue weighted by molar-refractivity contribution is -0.139. The van der Waals surface area contributed by atoms with Crippen LogP contribution in [0, 0.1) is 20.8 Å². The number of piperidine rings is 3. The number of carbonyl (C=O) groups excluding carboxylic acids is 3. The highest BCUT2D eigenvalue weighted by molar-refractivity contribution is 9.11. The van der Waals surface area contributed by atoms with Gasteiger partial charge in [0.25, 0.3) is 0 Å². The standard InChI is InChI=1S/C22H25BrN2O4S.C20H18BrF3N2O4S.C19H18Br2N2O4S/c1-14-10-15(2)21(16(3)11-14)30(27,28)24-8-6-19(7-9-24)25-20-5-4-18(23)12-17(20)13-29-22(25)26;21-14-5-6-17-13(11-14)12-30-19(27)26(17)15-7-9-25(10-8-15)31(28,29)18-4-2-1-3-16(18)20(22,23)24;20-14-5-6-17-13(11-14)12-27-19(24)23(17)15-7-9-22(10-8-15)28(25,26)18-4-2-1-3-16(18)21/h4-5,10-12,19H,6-9,13H2,1-3H3;1-6,11,15H,7-10,12H2;1-6,11,15H,7-10,12H2. The summed E-state index contributed by atoms with van der Waals surface area (Å²) in [6, 6.07) is 31.3. The molecule has 6 aliphatic rings. The van der Waals surface area contributed by atoms with Crippen LogP contribution >= 0.6 is 63.7 Å². The van der Waals surface area contributed by atoms with Crippen molar-refractivity contribution in [3.05, 3.63) is 172 Å². The molecule has 0 aromatic heterocycles. The van der Waals surface area contributed by atoms with E-state index in [1.165, 1.54) is 15.3 Å². The lowest BCUT2D eigenvalue weighted by Crippen LogP contribution is -2.50. The fourth-order valence-corrected chi connectivity index (χ4v) is 19.5. The van der Waals surface area contributed by atoms with Gasteiger partial charge in [0, 0.05) is 92.0 Å². The molecule has 0 radical (unpaired) electrons. The topological polar surface area (TPSA) is 201 Å². The Bertz CT molecular complexity index is 4050. The zero-order valence-corrected chi connectivity index (χ0v) is 57.1. The molecule has 28 heteroatoms. The van der Waals surface area contributed by atoms with Crippen LogP contribution in [0.2, 0.25) is 0 Å². The van der Waals surface area contributed by atoms with Crippen molar-refractivity contribution in [1.82, 2.24) is 12.9 Å². The Morgan fingerprint density at radius 3 is 1.12 bits per heavy atom. The van der Waals surface area contributed by atoms with Crippen molar-refractivity contribution >= 4 is 129 Å². The van der Waals surface area contributed by atoms with Gasteiger partial charge in [-0.25, -0.2) is 39.6 Å². The van der Waals surface area contributed by atoms with E-state index in [4.69, 9.17) is 14.2 Å². The normalized spacial score (nSPS) is 18.5. The van der Waals surface area contributed by atoms with Gasteiger partial charge >= 0.3 is 24.5 Å². The van der Waals surface area contributed by atoms with Crippen molar-refractivity contribution in [2.75, 3.05) is 54.0 Å². The van der Waals surface area contributed by atoms with E-state index in [1.807, 2.05) is 75.4 Å². The number of hydrogen-bond acceptors (Lipinski definition) is 12. The quantitative estimate of drug-likeness (QED) is 0.124. The molecule has 0 saturated carbocycles. The van der Waals surface area contributed by atoms with Gasteiger partial charge in [-0.15, -0.1) is 0 Å². The molecule has 0 spiro atoms. The summed E-state index contributed by atoms with van der Waals surface area (Å²) in [6.07, 6.45) is -3.26. The maximum absolute atomic E-state index is 13.3. The van der Waals surface area contributed by atoms with E-state index < -0.39 is 52.8 Å². The van der Waals surface area contributed by atoms with Gasteiger partial charge in [-0.3, -0.25) is 14.7 Å². The van der Waals surface area contributed by atoms with Crippen molar-refractivity contribution in [1.29, 1.82) is 0 Å². The molecule has 6 aliphatic heterocycles. The Morgan fingerprint density at radius 1 is 0.438 bits per heavy atom. The Kier molecular flexibility index (Phi) is 20.2.